The molecule has 1 atom stereocenters. The largest absolute Gasteiger partial charge is 0.462 e. The number of hydrogen-bond donors (Lipinski definition) is 0. The van der Waals surface area contributed by atoms with E-state index in [2.05, 4.69) is 13.0 Å². The number of benzene rings is 1. The SMILES string of the molecule is CCCCCCC(C)C(=O)OC1CC(OCc2ccc(Cl)c(C)c2)C1. The summed E-state index contributed by atoms with van der Waals surface area (Å²) in [6, 6.07) is 5.95. The molecule has 0 saturated heterocycles. The van der Waals surface area contributed by atoms with Crippen LogP contribution in [0.5, 0.6) is 0 Å². The first-order chi connectivity index (χ1) is 12.0. The van der Waals surface area contributed by atoms with Gasteiger partial charge in [-0.05, 0) is 30.5 Å². The van der Waals surface area contributed by atoms with Crippen molar-refractivity contribution in [3.63, 3.8) is 0 Å². The van der Waals surface area contributed by atoms with Gasteiger partial charge in [-0.1, -0.05) is 63.3 Å². The lowest BCUT2D eigenvalue weighted by Crippen LogP contribution is -2.39. The minimum atomic E-state index is -0.0479. The molecule has 0 amide bonds. The Morgan fingerprint density at radius 1 is 1.24 bits per heavy atom. The zero-order valence-electron chi connectivity index (χ0n) is 15.7. The fraction of sp³-hybridized carbons (Fsp3) is 0.667. The van der Waals surface area contributed by atoms with Gasteiger partial charge in [0.05, 0.1) is 18.6 Å². The van der Waals surface area contributed by atoms with E-state index in [0.29, 0.717) is 6.61 Å². The van der Waals surface area contributed by atoms with Crippen molar-refractivity contribution in [1.82, 2.24) is 0 Å². The summed E-state index contributed by atoms with van der Waals surface area (Å²) in [6.45, 7) is 6.75. The first kappa shape index (κ1) is 20.3. The third kappa shape index (κ3) is 6.63. The standard InChI is InChI=1S/C21H31ClO3/c1-4-5-6-7-8-15(2)21(23)25-19-12-18(13-19)24-14-17-9-10-20(22)16(3)11-17/h9-11,15,18-19H,4-8,12-14H2,1-3H3. The van der Waals surface area contributed by atoms with Gasteiger partial charge in [-0.25, -0.2) is 0 Å². The van der Waals surface area contributed by atoms with Gasteiger partial charge in [0.2, 0.25) is 0 Å². The molecule has 2 rings (SSSR count). The molecule has 1 aromatic carbocycles. The molecule has 25 heavy (non-hydrogen) atoms. The monoisotopic (exact) mass is 366 g/mol. The summed E-state index contributed by atoms with van der Waals surface area (Å²) in [7, 11) is 0. The molecule has 140 valence electrons. The smallest absolute Gasteiger partial charge is 0.308 e. The highest BCUT2D eigenvalue weighted by Gasteiger charge is 2.33. The minimum absolute atomic E-state index is 0.00821. The molecule has 0 bridgehead atoms. The fourth-order valence-corrected chi connectivity index (χ4v) is 3.15. The summed E-state index contributed by atoms with van der Waals surface area (Å²) in [4.78, 5) is 12.1. The first-order valence-electron chi connectivity index (χ1n) is 9.56. The Morgan fingerprint density at radius 2 is 2.00 bits per heavy atom. The molecule has 0 aliphatic heterocycles. The van der Waals surface area contributed by atoms with E-state index in [-0.39, 0.29) is 24.1 Å². The number of esters is 1. The maximum Gasteiger partial charge on any atom is 0.308 e. The predicted octanol–water partition coefficient (Wildman–Crippen LogP) is 5.85. The zero-order valence-corrected chi connectivity index (χ0v) is 16.5. The van der Waals surface area contributed by atoms with Crippen molar-refractivity contribution >= 4 is 17.6 Å². The average Bonchev–Trinajstić information content (AvgIpc) is 2.56. The molecule has 1 aromatic rings. The van der Waals surface area contributed by atoms with E-state index in [9.17, 15) is 4.79 Å². The summed E-state index contributed by atoms with van der Waals surface area (Å²) in [6.07, 6.45) is 7.55. The molecule has 0 radical (unpaired) electrons. The highest BCUT2D eigenvalue weighted by molar-refractivity contribution is 6.31. The van der Waals surface area contributed by atoms with Crippen molar-refractivity contribution in [2.45, 2.75) is 84.5 Å². The van der Waals surface area contributed by atoms with Crippen LogP contribution < -0.4 is 0 Å². The number of rotatable bonds is 10. The molecule has 1 unspecified atom stereocenters. The van der Waals surface area contributed by atoms with Crippen LogP contribution in [0.25, 0.3) is 0 Å². The number of carbonyl (C=O) groups excluding carboxylic acids is 1. The number of ether oxygens (including phenoxy) is 2. The maximum absolute atomic E-state index is 12.1. The van der Waals surface area contributed by atoms with Gasteiger partial charge in [-0.3, -0.25) is 4.79 Å². The Morgan fingerprint density at radius 3 is 2.68 bits per heavy atom. The molecule has 1 fully saturated rings. The molecular formula is C21H31ClO3. The zero-order chi connectivity index (χ0) is 18.2. The number of carbonyl (C=O) groups is 1. The third-order valence-electron chi connectivity index (χ3n) is 4.94. The fourth-order valence-electron chi connectivity index (χ4n) is 3.04. The summed E-state index contributed by atoms with van der Waals surface area (Å²) >= 11 is 6.03. The first-order valence-corrected chi connectivity index (χ1v) is 9.94. The van der Waals surface area contributed by atoms with E-state index in [1.807, 2.05) is 26.0 Å². The van der Waals surface area contributed by atoms with Gasteiger partial charge in [0.1, 0.15) is 6.10 Å². The lowest BCUT2D eigenvalue weighted by atomic mass is 9.91. The van der Waals surface area contributed by atoms with Gasteiger partial charge in [-0.2, -0.15) is 0 Å². The van der Waals surface area contributed by atoms with Crippen molar-refractivity contribution in [3.05, 3.63) is 34.3 Å². The van der Waals surface area contributed by atoms with Gasteiger partial charge in [0.15, 0.2) is 0 Å². The summed E-state index contributed by atoms with van der Waals surface area (Å²) < 4.78 is 11.5. The van der Waals surface area contributed by atoms with Gasteiger partial charge in [0, 0.05) is 17.9 Å². The van der Waals surface area contributed by atoms with Gasteiger partial charge >= 0.3 is 5.97 Å². The second-order valence-electron chi connectivity index (χ2n) is 7.30. The van der Waals surface area contributed by atoms with Crippen LogP contribution in [0, 0.1) is 12.8 Å². The van der Waals surface area contributed by atoms with Crippen molar-refractivity contribution in [3.8, 4) is 0 Å². The average molecular weight is 367 g/mol. The maximum atomic E-state index is 12.1. The van der Waals surface area contributed by atoms with Crippen LogP contribution in [0.4, 0.5) is 0 Å². The molecule has 1 aliphatic rings. The van der Waals surface area contributed by atoms with E-state index in [1.54, 1.807) is 0 Å². The van der Waals surface area contributed by atoms with Gasteiger partial charge < -0.3 is 9.47 Å². The summed E-state index contributed by atoms with van der Waals surface area (Å²) in [5, 5.41) is 0.781. The van der Waals surface area contributed by atoms with E-state index >= 15 is 0 Å². The second kappa shape index (κ2) is 10.2. The minimum Gasteiger partial charge on any atom is -0.462 e. The molecular weight excluding hydrogens is 336 g/mol. The van der Waals surface area contributed by atoms with E-state index in [0.717, 1.165) is 41.8 Å². The molecule has 0 aromatic heterocycles. The van der Waals surface area contributed by atoms with Crippen LogP contribution in [-0.4, -0.2) is 18.2 Å². The van der Waals surface area contributed by atoms with Crippen molar-refractivity contribution in [2.75, 3.05) is 0 Å². The number of hydrogen-bond acceptors (Lipinski definition) is 3. The van der Waals surface area contributed by atoms with Crippen molar-refractivity contribution in [2.24, 2.45) is 5.92 Å². The van der Waals surface area contributed by atoms with Crippen LogP contribution >= 0.6 is 11.6 Å². The van der Waals surface area contributed by atoms with Gasteiger partial charge in [-0.15, -0.1) is 0 Å². The quantitative estimate of drug-likeness (QED) is 0.385. The molecule has 3 nitrogen and oxygen atoms in total. The van der Waals surface area contributed by atoms with Crippen molar-refractivity contribution < 1.29 is 14.3 Å². The predicted molar refractivity (Wildman–Crippen MR) is 102 cm³/mol. The Hall–Kier alpha value is -1.06. The normalized spacial score (nSPS) is 20.8. The highest BCUT2D eigenvalue weighted by Crippen LogP contribution is 2.29. The molecule has 1 saturated carbocycles. The van der Waals surface area contributed by atoms with Crippen LogP contribution in [0.3, 0.4) is 0 Å². The van der Waals surface area contributed by atoms with E-state index < -0.39 is 0 Å². The summed E-state index contributed by atoms with van der Waals surface area (Å²) in [5.74, 6) is -0.0397. The van der Waals surface area contributed by atoms with Crippen LogP contribution in [0.15, 0.2) is 18.2 Å². The topological polar surface area (TPSA) is 35.5 Å². The van der Waals surface area contributed by atoms with E-state index in [1.165, 1.54) is 19.3 Å². The molecule has 4 heteroatoms. The van der Waals surface area contributed by atoms with Crippen LogP contribution in [0.2, 0.25) is 5.02 Å². The Labute approximate surface area is 157 Å². The molecule has 0 spiro atoms. The Kier molecular flexibility index (Phi) is 8.25. The summed E-state index contributed by atoms with van der Waals surface area (Å²) in [5.41, 5.74) is 2.19. The number of aryl methyl sites for hydroxylation is 1. The highest BCUT2D eigenvalue weighted by atomic mass is 35.5. The number of halogens is 1. The van der Waals surface area contributed by atoms with Gasteiger partial charge in [0.25, 0.3) is 0 Å². The molecule has 0 heterocycles. The molecule has 0 N–H and O–H groups in total. The lowest BCUT2D eigenvalue weighted by Gasteiger charge is -2.35. The molecule has 1 aliphatic carbocycles. The van der Waals surface area contributed by atoms with Crippen LogP contribution in [0.1, 0.15) is 69.9 Å². The van der Waals surface area contributed by atoms with Crippen molar-refractivity contribution in [1.29, 1.82) is 0 Å². The van der Waals surface area contributed by atoms with E-state index in [4.69, 9.17) is 21.1 Å². The number of unbranched alkanes of at least 4 members (excludes halogenated alkanes) is 3. The Bertz CT molecular complexity index is 552. The third-order valence-corrected chi connectivity index (χ3v) is 5.36. The Balaban J connectivity index is 1.60. The van der Waals surface area contributed by atoms with Crippen LogP contribution in [-0.2, 0) is 20.9 Å². The lowest BCUT2D eigenvalue weighted by molar-refractivity contribution is -0.167. The second-order valence-corrected chi connectivity index (χ2v) is 7.70.